The highest BCUT2D eigenvalue weighted by atomic mass is 16.1. The minimum Gasteiger partial charge on any atom is -0.368 e. The van der Waals surface area contributed by atoms with E-state index in [2.05, 4.69) is 17.1 Å². The number of primary amides is 1. The van der Waals surface area contributed by atoms with E-state index in [-0.39, 0.29) is 11.9 Å². The molecule has 4 heteroatoms. The summed E-state index contributed by atoms with van der Waals surface area (Å²) in [5, 5.41) is 3.38. The lowest BCUT2D eigenvalue weighted by atomic mass is 9.96. The summed E-state index contributed by atoms with van der Waals surface area (Å²) in [6.07, 6.45) is 4.33. The third-order valence-electron chi connectivity index (χ3n) is 3.62. The number of carbonyl (C=O) groups excluding carboxylic acids is 1. The van der Waals surface area contributed by atoms with Crippen molar-refractivity contribution in [2.75, 3.05) is 26.2 Å². The molecule has 1 aliphatic heterocycles. The molecule has 1 unspecified atom stereocenters. The Morgan fingerprint density at radius 2 is 2.06 bits per heavy atom. The SMILES string of the molecule is CCCN(CC1CCNCC1)C(CC)C(N)=O. The zero-order valence-electron chi connectivity index (χ0n) is 11.2. The fourth-order valence-corrected chi connectivity index (χ4v) is 2.70. The number of nitrogens with zero attached hydrogens (tertiary/aromatic N) is 1. The summed E-state index contributed by atoms with van der Waals surface area (Å²) in [6, 6.07) is -0.0789. The van der Waals surface area contributed by atoms with E-state index in [0.717, 1.165) is 44.9 Å². The Balaban J connectivity index is 2.53. The highest BCUT2D eigenvalue weighted by molar-refractivity contribution is 5.79. The standard InChI is InChI=1S/C13H27N3O/c1-3-9-16(12(4-2)13(14)17)10-11-5-7-15-8-6-11/h11-12,15H,3-10H2,1-2H3,(H2,14,17). The van der Waals surface area contributed by atoms with Crippen LogP contribution in [0.1, 0.15) is 39.5 Å². The summed E-state index contributed by atoms with van der Waals surface area (Å²) in [5.41, 5.74) is 5.49. The van der Waals surface area contributed by atoms with E-state index in [1.165, 1.54) is 12.8 Å². The molecule has 0 spiro atoms. The van der Waals surface area contributed by atoms with E-state index in [4.69, 9.17) is 5.73 Å². The number of hydrogen-bond donors (Lipinski definition) is 2. The fraction of sp³-hybridized carbons (Fsp3) is 0.923. The van der Waals surface area contributed by atoms with E-state index < -0.39 is 0 Å². The molecule has 0 aliphatic carbocycles. The zero-order chi connectivity index (χ0) is 12.7. The van der Waals surface area contributed by atoms with E-state index >= 15 is 0 Å². The lowest BCUT2D eigenvalue weighted by Gasteiger charge is -2.33. The minimum absolute atomic E-state index is 0.0789. The summed E-state index contributed by atoms with van der Waals surface area (Å²) in [6.45, 7) is 8.42. The van der Waals surface area contributed by atoms with Gasteiger partial charge in [0, 0.05) is 6.54 Å². The predicted molar refractivity (Wildman–Crippen MR) is 70.7 cm³/mol. The monoisotopic (exact) mass is 241 g/mol. The van der Waals surface area contributed by atoms with Crippen LogP contribution in [0.5, 0.6) is 0 Å². The van der Waals surface area contributed by atoms with Gasteiger partial charge in [-0.1, -0.05) is 13.8 Å². The van der Waals surface area contributed by atoms with Crippen molar-refractivity contribution >= 4 is 5.91 Å². The molecule has 100 valence electrons. The second kappa shape index (κ2) is 7.67. The molecule has 1 rings (SSSR count). The minimum atomic E-state index is -0.171. The highest BCUT2D eigenvalue weighted by Crippen LogP contribution is 2.16. The van der Waals surface area contributed by atoms with E-state index in [0.29, 0.717) is 0 Å². The topological polar surface area (TPSA) is 58.4 Å². The molecule has 17 heavy (non-hydrogen) atoms. The number of hydrogen-bond acceptors (Lipinski definition) is 3. The number of nitrogens with two attached hydrogens (primary N) is 1. The Morgan fingerprint density at radius 3 is 2.53 bits per heavy atom. The van der Waals surface area contributed by atoms with Crippen LogP contribution < -0.4 is 11.1 Å². The van der Waals surface area contributed by atoms with Gasteiger partial charge in [-0.05, 0) is 51.2 Å². The van der Waals surface area contributed by atoms with E-state index in [1.54, 1.807) is 0 Å². The van der Waals surface area contributed by atoms with Crippen LogP contribution in [0.2, 0.25) is 0 Å². The van der Waals surface area contributed by atoms with Gasteiger partial charge in [-0.2, -0.15) is 0 Å². The van der Waals surface area contributed by atoms with Gasteiger partial charge in [0.1, 0.15) is 0 Å². The largest absolute Gasteiger partial charge is 0.368 e. The quantitative estimate of drug-likeness (QED) is 0.698. The van der Waals surface area contributed by atoms with Gasteiger partial charge in [-0.3, -0.25) is 9.69 Å². The van der Waals surface area contributed by atoms with Crippen molar-refractivity contribution in [2.24, 2.45) is 11.7 Å². The van der Waals surface area contributed by atoms with Crippen molar-refractivity contribution in [2.45, 2.75) is 45.6 Å². The van der Waals surface area contributed by atoms with Gasteiger partial charge in [0.15, 0.2) is 0 Å². The first-order chi connectivity index (χ1) is 8.19. The molecule has 0 saturated carbocycles. The molecule has 4 nitrogen and oxygen atoms in total. The molecule has 0 aromatic rings. The molecule has 0 radical (unpaired) electrons. The Labute approximate surface area is 105 Å². The van der Waals surface area contributed by atoms with Crippen LogP contribution in [0.3, 0.4) is 0 Å². The lowest BCUT2D eigenvalue weighted by Crippen LogP contribution is -2.47. The Bertz CT molecular complexity index is 227. The maximum atomic E-state index is 11.5. The molecule has 0 bridgehead atoms. The molecule has 0 aromatic carbocycles. The van der Waals surface area contributed by atoms with Gasteiger partial charge < -0.3 is 11.1 Å². The van der Waals surface area contributed by atoms with Crippen LogP contribution in [-0.4, -0.2) is 43.0 Å². The Hall–Kier alpha value is -0.610. The summed E-state index contributed by atoms with van der Waals surface area (Å²) in [5.74, 6) is 0.547. The van der Waals surface area contributed by atoms with E-state index in [1.807, 2.05) is 6.92 Å². The van der Waals surface area contributed by atoms with Crippen molar-refractivity contribution in [1.29, 1.82) is 0 Å². The molecule has 1 amide bonds. The smallest absolute Gasteiger partial charge is 0.234 e. The average molecular weight is 241 g/mol. The number of nitrogens with one attached hydrogen (secondary N) is 1. The van der Waals surface area contributed by atoms with Crippen LogP contribution in [0, 0.1) is 5.92 Å². The molecule has 1 fully saturated rings. The van der Waals surface area contributed by atoms with Crippen molar-refractivity contribution in [3.8, 4) is 0 Å². The predicted octanol–water partition coefficient (Wildman–Crippen LogP) is 0.962. The Kier molecular flexibility index (Phi) is 6.52. The first-order valence-corrected chi connectivity index (χ1v) is 6.93. The number of amides is 1. The van der Waals surface area contributed by atoms with Crippen LogP contribution >= 0.6 is 0 Å². The molecule has 3 N–H and O–H groups in total. The maximum absolute atomic E-state index is 11.5. The summed E-state index contributed by atoms with van der Waals surface area (Å²) in [4.78, 5) is 13.7. The van der Waals surface area contributed by atoms with Gasteiger partial charge in [0.25, 0.3) is 0 Å². The highest BCUT2D eigenvalue weighted by Gasteiger charge is 2.24. The molecular formula is C13H27N3O. The van der Waals surface area contributed by atoms with Gasteiger partial charge in [-0.25, -0.2) is 0 Å². The molecule has 1 atom stereocenters. The lowest BCUT2D eigenvalue weighted by molar-refractivity contribution is -0.123. The van der Waals surface area contributed by atoms with Crippen LogP contribution in [0.4, 0.5) is 0 Å². The molecular weight excluding hydrogens is 214 g/mol. The summed E-state index contributed by atoms with van der Waals surface area (Å²) in [7, 11) is 0. The van der Waals surface area contributed by atoms with E-state index in [9.17, 15) is 4.79 Å². The number of piperidine rings is 1. The average Bonchev–Trinajstić information content (AvgIpc) is 2.31. The van der Waals surface area contributed by atoms with Gasteiger partial charge in [0.05, 0.1) is 6.04 Å². The van der Waals surface area contributed by atoms with Crippen LogP contribution in [0.15, 0.2) is 0 Å². The van der Waals surface area contributed by atoms with Crippen LogP contribution in [-0.2, 0) is 4.79 Å². The Morgan fingerprint density at radius 1 is 1.41 bits per heavy atom. The zero-order valence-corrected chi connectivity index (χ0v) is 11.2. The number of carbonyl (C=O) groups is 1. The van der Waals surface area contributed by atoms with Crippen molar-refractivity contribution in [3.63, 3.8) is 0 Å². The maximum Gasteiger partial charge on any atom is 0.234 e. The molecule has 1 saturated heterocycles. The molecule has 1 aliphatic rings. The first kappa shape index (κ1) is 14.5. The summed E-state index contributed by atoms with van der Waals surface area (Å²) < 4.78 is 0. The second-order valence-electron chi connectivity index (χ2n) is 5.01. The molecule has 1 heterocycles. The first-order valence-electron chi connectivity index (χ1n) is 6.93. The second-order valence-corrected chi connectivity index (χ2v) is 5.01. The third-order valence-corrected chi connectivity index (χ3v) is 3.62. The number of rotatable bonds is 7. The van der Waals surface area contributed by atoms with Crippen molar-refractivity contribution in [3.05, 3.63) is 0 Å². The van der Waals surface area contributed by atoms with Crippen LogP contribution in [0.25, 0.3) is 0 Å². The third kappa shape index (κ3) is 4.64. The van der Waals surface area contributed by atoms with Crippen molar-refractivity contribution in [1.82, 2.24) is 10.2 Å². The fourth-order valence-electron chi connectivity index (χ4n) is 2.70. The molecule has 0 aromatic heterocycles. The van der Waals surface area contributed by atoms with Crippen molar-refractivity contribution < 1.29 is 4.79 Å². The van der Waals surface area contributed by atoms with Gasteiger partial charge >= 0.3 is 0 Å². The normalized spacial score (nSPS) is 19.5. The van der Waals surface area contributed by atoms with Gasteiger partial charge in [-0.15, -0.1) is 0 Å². The summed E-state index contributed by atoms with van der Waals surface area (Å²) >= 11 is 0. The van der Waals surface area contributed by atoms with Gasteiger partial charge in [0.2, 0.25) is 5.91 Å².